The van der Waals surface area contributed by atoms with Crippen molar-refractivity contribution in [3.63, 3.8) is 0 Å². The van der Waals surface area contributed by atoms with Crippen LogP contribution in [0.5, 0.6) is 0 Å². The number of hydrogen-bond acceptors (Lipinski definition) is 3. The van der Waals surface area contributed by atoms with Gasteiger partial charge in [0.1, 0.15) is 0 Å². The molecule has 5 heteroatoms. The molecule has 0 unspecified atom stereocenters. The Balaban J connectivity index is 1.87. The summed E-state index contributed by atoms with van der Waals surface area (Å²) in [6.45, 7) is 4.65. The number of amides is 1. The summed E-state index contributed by atoms with van der Waals surface area (Å²) in [5.41, 5.74) is 0.658. The average molecular weight is 269 g/mol. The molecule has 1 aliphatic heterocycles. The van der Waals surface area contributed by atoms with Crippen LogP contribution in [0.4, 0.5) is 5.69 Å². The Morgan fingerprint density at radius 1 is 1.56 bits per heavy atom. The predicted octanol–water partition coefficient (Wildman–Crippen LogP) is 2.00. The highest BCUT2D eigenvalue weighted by Gasteiger charge is 2.19. The SMILES string of the molecule is C[C@H]1CN(CC(=O)Nc2ccccc2Cl)CCO1. The van der Waals surface area contributed by atoms with Crippen molar-refractivity contribution in [2.75, 3.05) is 31.6 Å². The van der Waals surface area contributed by atoms with E-state index in [0.29, 0.717) is 23.9 Å². The molecule has 1 aromatic carbocycles. The number of carbonyl (C=O) groups excluding carboxylic acids is 1. The van der Waals surface area contributed by atoms with Crippen molar-refractivity contribution in [3.8, 4) is 0 Å². The molecule has 1 atom stereocenters. The van der Waals surface area contributed by atoms with Crippen LogP contribution in [0.1, 0.15) is 6.92 Å². The van der Waals surface area contributed by atoms with Crippen LogP contribution >= 0.6 is 11.6 Å². The van der Waals surface area contributed by atoms with Gasteiger partial charge in [-0.05, 0) is 19.1 Å². The van der Waals surface area contributed by atoms with Gasteiger partial charge in [-0.2, -0.15) is 0 Å². The zero-order valence-corrected chi connectivity index (χ0v) is 11.1. The highest BCUT2D eigenvalue weighted by Crippen LogP contribution is 2.20. The van der Waals surface area contributed by atoms with Crippen LogP contribution in [-0.4, -0.2) is 43.2 Å². The summed E-state index contributed by atoms with van der Waals surface area (Å²) < 4.78 is 5.43. The first-order valence-corrected chi connectivity index (χ1v) is 6.41. The molecule has 1 N–H and O–H groups in total. The molecular formula is C13H17ClN2O2. The van der Waals surface area contributed by atoms with Crippen LogP contribution in [0.3, 0.4) is 0 Å². The van der Waals surface area contributed by atoms with E-state index in [1.807, 2.05) is 19.1 Å². The Bertz CT molecular complexity index is 425. The Labute approximate surface area is 112 Å². The molecule has 98 valence electrons. The van der Waals surface area contributed by atoms with E-state index >= 15 is 0 Å². The van der Waals surface area contributed by atoms with Gasteiger partial charge in [-0.25, -0.2) is 0 Å². The van der Waals surface area contributed by atoms with Crippen LogP contribution in [-0.2, 0) is 9.53 Å². The lowest BCUT2D eigenvalue weighted by atomic mass is 10.3. The summed E-state index contributed by atoms with van der Waals surface area (Å²) in [5, 5.41) is 3.38. The highest BCUT2D eigenvalue weighted by atomic mass is 35.5. The zero-order valence-electron chi connectivity index (χ0n) is 10.4. The smallest absolute Gasteiger partial charge is 0.238 e. The van der Waals surface area contributed by atoms with E-state index in [-0.39, 0.29) is 12.0 Å². The molecule has 1 saturated heterocycles. The topological polar surface area (TPSA) is 41.6 Å². The number of morpholine rings is 1. The van der Waals surface area contributed by atoms with Gasteiger partial charge in [-0.1, -0.05) is 23.7 Å². The van der Waals surface area contributed by atoms with E-state index in [1.54, 1.807) is 12.1 Å². The lowest BCUT2D eigenvalue weighted by Crippen LogP contribution is -2.44. The zero-order chi connectivity index (χ0) is 13.0. The van der Waals surface area contributed by atoms with Gasteiger partial charge in [-0.15, -0.1) is 0 Å². The van der Waals surface area contributed by atoms with Gasteiger partial charge in [0.25, 0.3) is 0 Å². The Morgan fingerprint density at radius 3 is 3.06 bits per heavy atom. The number of hydrogen-bond donors (Lipinski definition) is 1. The molecule has 0 aromatic heterocycles. The van der Waals surface area contributed by atoms with Crippen molar-refractivity contribution in [2.45, 2.75) is 13.0 Å². The summed E-state index contributed by atoms with van der Waals surface area (Å²) in [4.78, 5) is 14.0. The van der Waals surface area contributed by atoms with E-state index in [0.717, 1.165) is 13.1 Å². The molecule has 2 rings (SSSR count). The third kappa shape index (κ3) is 3.70. The monoisotopic (exact) mass is 268 g/mol. The minimum Gasteiger partial charge on any atom is -0.376 e. The van der Waals surface area contributed by atoms with Crippen LogP contribution in [0, 0.1) is 0 Å². The molecule has 4 nitrogen and oxygen atoms in total. The Hall–Kier alpha value is -1.10. The number of para-hydroxylation sites is 1. The number of benzene rings is 1. The van der Waals surface area contributed by atoms with Crippen molar-refractivity contribution < 1.29 is 9.53 Å². The molecule has 1 aliphatic rings. The maximum atomic E-state index is 11.9. The summed E-state index contributed by atoms with van der Waals surface area (Å²) in [6, 6.07) is 7.23. The van der Waals surface area contributed by atoms with Crippen LogP contribution < -0.4 is 5.32 Å². The molecule has 18 heavy (non-hydrogen) atoms. The van der Waals surface area contributed by atoms with Crippen LogP contribution in [0.2, 0.25) is 5.02 Å². The Morgan fingerprint density at radius 2 is 2.33 bits per heavy atom. The van der Waals surface area contributed by atoms with E-state index in [2.05, 4.69) is 10.2 Å². The van der Waals surface area contributed by atoms with Crippen LogP contribution in [0.15, 0.2) is 24.3 Å². The summed E-state index contributed by atoms with van der Waals surface area (Å²) >= 11 is 5.99. The molecule has 0 bridgehead atoms. The van der Waals surface area contributed by atoms with Crippen molar-refractivity contribution in [2.24, 2.45) is 0 Å². The first kappa shape index (κ1) is 13.3. The minimum absolute atomic E-state index is 0.0443. The van der Waals surface area contributed by atoms with Crippen molar-refractivity contribution in [1.29, 1.82) is 0 Å². The van der Waals surface area contributed by atoms with Gasteiger partial charge >= 0.3 is 0 Å². The fourth-order valence-corrected chi connectivity index (χ4v) is 2.17. The molecule has 0 aliphatic carbocycles. The third-order valence-electron chi connectivity index (χ3n) is 2.84. The fraction of sp³-hybridized carbons (Fsp3) is 0.462. The third-order valence-corrected chi connectivity index (χ3v) is 3.17. The number of ether oxygens (including phenoxy) is 1. The maximum Gasteiger partial charge on any atom is 0.238 e. The van der Waals surface area contributed by atoms with Gasteiger partial charge in [0.05, 0.1) is 30.0 Å². The largest absolute Gasteiger partial charge is 0.376 e. The van der Waals surface area contributed by atoms with Gasteiger partial charge in [0.2, 0.25) is 5.91 Å². The van der Waals surface area contributed by atoms with E-state index < -0.39 is 0 Å². The van der Waals surface area contributed by atoms with Gasteiger partial charge in [0, 0.05) is 13.1 Å². The minimum atomic E-state index is -0.0443. The second-order valence-electron chi connectivity index (χ2n) is 4.44. The number of rotatable bonds is 3. The van der Waals surface area contributed by atoms with Gasteiger partial charge < -0.3 is 10.1 Å². The van der Waals surface area contributed by atoms with Crippen molar-refractivity contribution in [3.05, 3.63) is 29.3 Å². The number of halogens is 1. The maximum absolute atomic E-state index is 11.9. The molecule has 1 amide bonds. The summed E-state index contributed by atoms with van der Waals surface area (Å²) in [7, 11) is 0. The molecule has 1 heterocycles. The molecular weight excluding hydrogens is 252 g/mol. The molecule has 0 saturated carbocycles. The van der Waals surface area contributed by atoms with E-state index in [1.165, 1.54) is 0 Å². The second-order valence-corrected chi connectivity index (χ2v) is 4.85. The van der Waals surface area contributed by atoms with Crippen molar-refractivity contribution >= 4 is 23.2 Å². The van der Waals surface area contributed by atoms with Gasteiger partial charge in [-0.3, -0.25) is 9.69 Å². The molecule has 1 aromatic rings. The highest BCUT2D eigenvalue weighted by molar-refractivity contribution is 6.33. The number of nitrogens with zero attached hydrogens (tertiary/aromatic N) is 1. The van der Waals surface area contributed by atoms with Gasteiger partial charge in [0.15, 0.2) is 0 Å². The predicted molar refractivity (Wildman–Crippen MR) is 71.9 cm³/mol. The molecule has 0 radical (unpaired) electrons. The average Bonchev–Trinajstić information content (AvgIpc) is 2.32. The Kier molecular flexibility index (Phi) is 4.58. The normalized spacial score (nSPS) is 20.7. The lowest BCUT2D eigenvalue weighted by Gasteiger charge is -2.30. The number of nitrogens with one attached hydrogen (secondary N) is 1. The standard InChI is InChI=1S/C13H17ClN2O2/c1-10-8-16(6-7-18-10)9-13(17)15-12-5-3-2-4-11(12)14/h2-5,10H,6-9H2,1H3,(H,15,17)/t10-/m0/s1. The summed E-state index contributed by atoms with van der Waals surface area (Å²) in [5.74, 6) is -0.0443. The lowest BCUT2D eigenvalue weighted by molar-refractivity contribution is -0.119. The van der Waals surface area contributed by atoms with E-state index in [4.69, 9.17) is 16.3 Å². The number of anilines is 1. The summed E-state index contributed by atoms with van der Waals surface area (Å²) in [6.07, 6.45) is 0.187. The van der Waals surface area contributed by atoms with E-state index in [9.17, 15) is 4.79 Å². The fourth-order valence-electron chi connectivity index (χ4n) is 1.99. The quantitative estimate of drug-likeness (QED) is 0.912. The first-order valence-electron chi connectivity index (χ1n) is 6.03. The van der Waals surface area contributed by atoms with Crippen molar-refractivity contribution in [1.82, 2.24) is 4.90 Å². The molecule has 1 fully saturated rings. The first-order chi connectivity index (χ1) is 8.65. The van der Waals surface area contributed by atoms with Crippen LogP contribution in [0.25, 0.3) is 0 Å². The number of carbonyl (C=O) groups is 1. The second kappa shape index (κ2) is 6.18. The molecule has 0 spiro atoms.